The van der Waals surface area contributed by atoms with Gasteiger partial charge in [0.2, 0.25) is 0 Å². The van der Waals surface area contributed by atoms with Crippen LogP contribution in [0.4, 0.5) is 22.0 Å². The van der Waals surface area contributed by atoms with Gasteiger partial charge in [-0.2, -0.15) is 13.2 Å². The summed E-state index contributed by atoms with van der Waals surface area (Å²) in [5.74, 6) is 0. The molecule has 0 aliphatic heterocycles. The van der Waals surface area contributed by atoms with Crippen LogP contribution in [0.25, 0.3) is 0 Å². The standard InChI is InChI=1S/C8H6F5IN2/c9-6(10)4-2-16-7(14)3(1-15)5(4)8(11,12)13/h2,6H,1,15H2. The van der Waals surface area contributed by atoms with Crippen LogP contribution in [0.3, 0.4) is 0 Å². The fourth-order valence-corrected chi connectivity index (χ4v) is 1.86. The van der Waals surface area contributed by atoms with Gasteiger partial charge >= 0.3 is 6.18 Å². The molecule has 2 nitrogen and oxygen atoms in total. The lowest BCUT2D eigenvalue weighted by Gasteiger charge is -2.16. The Morgan fingerprint density at radius 2 is 1.94 bits per heavy atom. The third-order valence-corrected chi connectivity index (χ3v) is 2.81. The van der Waals surface area contributed by atoms with Crippen molar-refractivity contribution in [3.05, 3.63) is 26.6 Å². The van der Waals surface area contributed by atoms with E-state index in [1.807, 2.05) is 0 Å². The molecule has 90 valence electrons. The molecular formula is C8H6F5IN2. The van der Waals surface area contributed by atoms with Crippen LogP contribution in [0.2, 0.25) is 0 Å². The molecule has 1 heterocycles. The lowest BCUT2D eigenvalue weighted by atomic mass is 10.0. The van der Waals surface area contributed by atoms with Crippen molar-refractivity contribution in [1.29, 1.82) is 0 Å². The lowest BCUT2D eigenvalue weighted by molar-refractivity contribution is -0.140. The van der Waals surface area contributed by atoms with E-state index in [9.17, 15) is 22.0 Å². The Bertz CT molecular complexity index is 391. The molecule has 0 unspecified atom stereocenters. The summed E-state index contributed by atoms with van der Waals surface area (Å²) in [5.41, 5.74) is 2.23. The minimum absolute atomic E-state index is 0.0168. The molecule has 0 aromatic carbocycles. The summed E-state index contributed by atoms with van der Waals surface area (Å²) in [6, 6.07) is 0. The number of nitrogens with zero attached hydrogens (tertiary/aromatic N) is 1. The van der Waals surface area contributed by atoms with E-state index < -0.39 is 35.8 Å². The topological polar surface area (TPSA) is 38.9 Å². The second-order valence-electron chi connectivity index (χ2n) is 2.86. The van der Waals surface area contributed by atoms with E-state index in [2.05, 4.69) is 4.98 Å². The molecule has 0 radical (unpaired) electrons. The van der Waals surface area contributed by atoms with Gasteiger partial charge in [0.05, 0.1) is 5.56 Å². The summed E-state index contributed by atoms with van der Waals surface area (Å²) < 4.78 is 62.7. The number of pyridine rings is 1. The predicted octanol–water partition coefficient (Wildman–Crippen LogP) is 3.10. The molecule has 0 saturated heterocycles. The Morgan fingerprint density at radius 3 is 2.31 bits per heavy atom. The molecule has 0 bridgehead atoms. The second-order valence-corrected chi connectivity index (χ2v) is 3.88. The first-order valence-electron chi connectivity index (χ1n) is 4.01. The Hall–Kier alpha value is -0.510. The van der Waals surface area contributed by atoms with Gasteiger partial charge in [0.25, 0.3) is 6.43 Å². The van der Waals surface area contributed by atoms with Gasteiger partial charge in [-0.25, -0.2) is 13.8 Å². The van der Waals surface area contributed by atoms with Crippen LogP contribution in [-0.2, 0) is 12.7 Å². The van der Waals surface area contributed by atoms with E-state index in [4.69, 9.17) is 5.73 Å². The average molecular weight is 352 g/mol. The molecule has 0 spiro atoms. The number of halogens is 6. The van der Waals surface area contributed by atoms with Crippen LogP contribution >= 0.6 is 22.6 Å². The van der Waals surface area contributed by atoms with E-state index in [-0.39, 0.29) is 3.70 Å². The highest BCUT2D eigenvalue weighted by Gasteiger charge is 2.39. The number of aromatic nitrogens is 1. The second kappa shape index (κ2) is 4.78. The van der Waals surface area contributed by atoms with Crippen molar-refractivity contribution in [2.24, 2.45) is 5.73 Å². The van der Waals surface area contributed by atoms with E-state index >= 15 is 0 Å². The van der Waals surface area contributed by atoms with E-state index in [0.717, 1.165) is 0 Å². The number of hydrogen-bond acceptors (Lipinski definition) is 2. The minimum Gasteiger partial charge on any atom is -0.326 e. The zero-order chi connectivity index (χ0) is 12.5. The summed E-state index contributed by atoms with van der Waals surface area (Å²) in [6.45, 7) is -0.485. The predicted molar refractivity (Wildman–Crippen MR) is 54.8 cm³/mol. The molecule has 2 N–H and O–H groups in total. The number of nitrogens with two attached hydrogens (primary N) is 1. The monoisotopic (exact) mass is 352 g/mol. The van der Waals surface area contributed by atoms with Crippen molar-refractivity contribution < 1.29 is 22.0 Å². The maximum atomic E-state index is 12.6. The van der Waals surface area contributed by atoms with Crippen LogP contribution in [0, 0.1) is 3.70 Å². The Balaban J connectivity index is 3.54. The van der Waals surface area contributed by atoms with E-state index in [0.29, 0.717) is 6.20 Å². The summed E-state index contributed by atoms with van der Waals surface area (Å²) in [7, 11) is 0. The van der Waals surface area contributed by atoms with Gasteiger partial charge in [0.1, 0.15) is 3.70 Å². The minimum atomic E-state index is -4.86. The van der Waals surface area contributed by atoms with Crippen molar-refractivity contribution >= 4 is 22.6 Å². The Labute approximate surface area is 101 Å². The number of alkyl halides is 5. The first kappa shape index (κ1) is 13.6. The van der Waals surface area contributed by atoms with E-state index in [1.54, 1.807) is 0 Å². The molecule has 1 rings (SSSR count). The van der Waals surface area contributed by atoms with Crippen molar-refractivity contribution in [3.8, 4) is 0 Å². The van der Waals surface area contributed by atoms with Crippen molar-refractivity contribution in [2.75, 3.05) is 0 Å². The van der Waals surface area contributed by atoms with Crippen molar-refractivity contribution in [2.45, 2.75) is 19.1 Å². The van der Waals surface area contributed by atoms with Gasteiger partial charge in [0, 0.05) is 23.9 Å². The first-order chi connectivity index (χ1) is 7.29. The third kappa shape index (κ3) is 2.59. The molecule has 0 aliphatic rings. The molecule has 0 atom stereocenters. The Morgan fingerprint density at radius 1 is 1.38 bits per heavy atom. The molecule has 1 aromatic heterocycles. The van der Waals surface area contributed by atoms with E-state index in [1.165, 1.54) is 22.6 Å². The zero-order valence-corrected chi connectivity index (χ0v) is 9.81. The van der Waals surface area contributed by atoms with Crippen LogP contribution in [0.5, 0.6) is 0 Å². The SMILES string of the molecule is NCc1c(I)ncc(C(F)F)c1C(F)(F)F. The maximum Gasteiger partial charge on any atom is 0.417 e. The largest absolute Gasteiger partial charge is 0.417 e. The van der Waals surface area contributed by atoms with Crippen LogP contribution < -0.4 is 5.73 Å². The molecule has 0 amide bonds. The quantitative estimate of drug-likeness (QED) is 0.505. The highest BCUT2D eigenvalue weighted by atomic mass is 127. The fourth-order valence-electron chi connectivity index (χ4n) is 1.23. The smallest absolute Gasteiger partial charge is 0.326 e. The van der Waals surface area contributed by atoms with Gasteiger partial charge in [-0.1, -0.05) is 0 Å². The van der Waals surface area contributed by atoms with Gasteiger partial charge in [0.15, 0.2) is 0 Å². The molecule has 0 saturated carbocycles. The van der Waals surface area contributed by atoms with Crippen LogP contribution in [0.15, 0.2) is 6.20 Å². The van der Waals surface area contributed by atoms with Gasteiger partial charge in [-0.3, -0.25) is 0 Å². The molecule has 0 fully saturated rings. The molecule has 16 heavy (non-hydrogen) atoms. The summed E-state index contributed by atoms with van der Waals surface area (Å²) >= 11 is 1.53. The highest BCUT2D eigenvalue weighted by Crippen LogP contribution is 2.39. The van der Waals surface area contributed by atoms with Gasteiger partial charge < -0.3 is 5.73 Å². The summed E-state index contributed by atoms with van der Waals surface area (Å²) in [4.78, 5) is 3.47. The lowest BCUT2D eigenvalue weighted by Crippen LogP contribution is -2.18. The maximum absolute atomic E-state index is 12.6. The van der Waals surface area contributed by atoms with Gasteiger partial charge in [-0.05, 0) is 22.6 Å². The molecule has 0 aliphatic carbocycles. The summed E-state index contributed by atoms with van der Waals surface area (Å²) in [6.07, 6.45) is -7.55. The third-order valence-electron chi connectivity index (χ3n) is 1.88. The average Bonchev–Trinajstić information content (AvgIpc) is 2.15. The zero-order valence-electron chi connectivity index (χ0n) is 7.65. The van der Waals surface area contributed by atoms with Crippen molar-refractivity contribution in [3.63, 3.8) is 0 Å². The first-order valence-corrected chi connectivity index (χ1v) is 5.09. The van der Waals surface area contributed by atoms with Crippen LogP contribution in [-0.4, -0.2) is 4.98 Å². The van der Waals surface area contributed by atoms with Crippen molar-refractivity contribution in [1.82, 2.24) is 4.98 Å². The molecule has 8 heteroatoms. The van der Waals surface area contributed by atoms with Gasteiger partial charge in [-0.15, -0.1) is 0 Å². The number of hydrogen-bond donors (Lipinski definition) is 1. The molecular weight excluding hydrogens is 346 g/mol. The fraction of sp³-hybridized carbons (Fsp3) is 0.375. The molecule has 1 aromatic rings. The summed E-state index contributed by atoms with van der Waals surface area (Å²) in [5, 5.41) is 0. The van der Waals surface area contributed by atoms with Crippen LogP contribution in [0.1, 0.15) is 23.1 Å². The normalized spacial score (nSPS) is 12.2. The highest BCUT2D eigenvalue weighted by molar-refractivity contribution is 14.1. The Kier molecular flexibility index (Phi) is 4.05. The number of rotatable bonds is 2.